The zero-order valence-electron chi connectivity index (χ0n) is 21.0. The van der Waals surface area contributed by atoms with Gasteiger partial charge in [-0.1, -0.05) is 6.42 Å². The minimum Gasteiger partial charge on any atom is -0.347 e. The van der Waals surface area contributed by atoms with E-state index in [9.17, 15) is 22.4 Å². The first kappa shape index (κ1) is 28.1. The summed E-state index contributed by atoms with van der Waals surface area (Å²) in [6.07, 6.45) is 2.06. The second kappa shape index (κ2) is 11.3. The highest BCUT2D eigenvalue weighted by Crippen LogP contribution is 2.38. The van der Waals surface area contributed by atoms with Gasteiger partial charge >= 0.3 is 5.69 Å². The fourth-order valence-electron chi connectivity index (χ4n) is 3.41. The van der Waals surface area contributed by atoms with Crippen molar-refractivity contribution in [3.8, 4) is 5.69 Å². The molecule has 0 aliphatic carbocycles. The molecule has 2 aliphatic heterocycles. The Morgan fingerprint density at radius 3 is 2.42 bits per heavy atom. The Kier molecular flexibility index (Phi) is 8.84. The summed E-state index contributed by atoms with van der Waals surface area (Å²) < 4.78 is 43.4. The number of nitrogens with zero attached hydrogens (tertiary/aromatic N) is 2. The normalized spacial score (nSPS) is 12.2. The Balaban J connectivity index is 1.90. The van der Waals surface area contributed by atoms with Crippen molar-refractivity contribution in [1.29, 1.82) is 0 Å². The van der Waals surface area contributed by atoms with Crippen LogP contribution in [0.2, 0.25) is 0 Å². The maximum atomic E-state index is 13.2. The number of amides is 1. The Morgan fingerprint density at radius 1 is 1.14 bits per heavy atom. The largest absolute Gasteiger partial charge is 0.354 e. The quantitative estimate of drug-likeness (QED) is 0.272. The number of hydrogen-bond donors (Lipinski definition) is 2. The third kappa shape index (κ3) is 6.65. The van der Waals surface area contributed by atoms with E-state index in [0.29, 0.717) is 29.1 Å². The van der Waals surface area contributed by atoms with Gasteiger partial charge in [-0.2, -0.15) is 4.98 Å². The summed E-state index contributed by atoms with van der Waals surface area (Å²) in [4.78, 5) is 29.9. The Bertz CT molecular complexity index is 1360. The van der Waals surface area contributed by atoms with E-state index in [1.54, 1.807) is 6.92 Å². The molecule has 8 nitrogen and oxygen atoms in total. The topological polar surface area (TPSA) is 110 Å². The molecule has 2 heterocycles. The standard InChI is InChI=1S/C24H31FN4O4S3/c1-15-16(2)35-22(34-14-8-6-7-13-25)19-20(26-23(31)29(15)19)28-36(32,33)18-11-9-17(10-12-18)21(30)27-24(3,4)5/h9-12H,6-8,13-14H2,1-5H3,(H,27,30)(H,26,28,31). The van der Waals surface area contributed by atoms with E-state index in [-0.39, 0.29) is 23.3 Å². The first-order valence-corrected chi connectivity index (χ1v) is 14.8. The van der Waals surface area contributed by atoms with E-state index in [2.05, 4.69) is 15.0 Å². The number of unbranched alkanes of at least 4 members (excludes halogenated alkanes) is 2. The molecule has 0 fully saturated rings. The number of halogens is 1. The molecule has 1 amide bonds. The summed E-state index contributed by atoms with van der Waals surface area (Å²) >= 11 is 2.97. The zero-order chi connectivity index (χ0) is 26.7. The number of sulfonamides is 1. The molecule has 1 aromatic rings. The lowest BCUT2D eigenvalue weighted by Crippen LogP contribution is -2.40. The maximum absolute atomic E-state index is 13.2. The number of anilines is 1. The molecule has 0 bridgehead atoms. The van der Waals surface area contributed by atoms with Crippen LogP contribution in [0.4, 0.5) is 10.2 Å². The minimum absolute atomic E-state index is 0.0415. The Morgan fingerprint density at radius 2 is 1.81 bits per heavy atom. The smallest absolute Gasteiger partial charge is 0.347 e. The number of hydrogen-bond acceptors (Lipinski definition) is 7. The van der Waals surface area contributed by atoms with Gasteiger partial charge in [-0.05, 0) is 77.5 Å². The fraction of sp³-hybridized carbons (Fsp3) is 0.458. The summed E-state index contributed by atoms with van der Waals surface area (Å²) in [6, 6.07) is 5.56. The van der Waals surface area contributed by atoms with Crippen LogP contribution in [-0.4, -0.2) is 41.8 Å². The summed E-state index contributed by atoms with van der Waals surface area (Å²) in [5.74, 6) is 0.356. The van der Waals surface area contributed by atoms with Gasteiger partial charge in [0.15, 0.2) is 5.82 Å². The average molecular weight is 555 g/mol. The number of thioether (sulfide) groups is 1. The molecule has 0 atom stereocenters. The van der Waals surface area contributed by atoms with Gasteiger partial charge in [0.2, 0.25) is 0 Å². The Hall–Kier alpha value is -2.44. The molecule has 2 N–H and O–H groups in total. The Labute approximate surface area is 219 Å². The summed E-state index contributed by atoms with van der Waals surface area (Å²) in [7, 11) is -4.08. The number of nitrogens with one attached hydrogen (secondary N) is 2. The van der Waals surface area contributed by atoms with E-state index in [4.69, 9.17) is 0 Å². The predicted molar refractivity (Wildman–Crippen MR) is 143 cm³/mol. The van der Waals surface area contributed by atoms with Crippen molar-refractivity contribution in [2.45, 2.75) is 68.5 Å². The number of carbonyl (C=O) groups is 1. The van der Waals surface area contributed by atoms with Crippen LogP contribution in [0.3, 0.4) is 0 Å². The van der Waals surface area contributed by atoms with Crippen LogP contribution in [0.25, 0.3) is 5.69 Å². The van der Waals surface area contributed by atoms with E-state index in [1.807, 2.05) is 27.7 Å². The van der Waals surface area contributed by atoms with Crippen molar-refractivity contribution in [3.05, 3.63) is 50.9 Å². The van der Waals surface area contributed by atoms with E-state index >= 15 is 0 Å². The third-order valence-electron chi connectivity index (χ3n) is 5.29. The van der Waals surface area contributed by atoms with Crippen molar-refractivity contribution in [3.63, 3.8) is 0 Å². The van der Waals surface area contributed by atoms with E-state index in [0.717, 1.165) is 21.9 Å². The molecule has 0 radical (unpaired) electrons. The second-order valence-electron chi connectivity index (χ2n) is 9.39. The van der Waals surface area contributed by atoms with Gasteiger partial charge in [0.25, 0.3) is 15.9 Å². The number of alkyl halides is 1. The number of imidazole rings is 1. The molecule has 12 heteroatoms. The molecule has 0 saturated carbocycles. The van der Waals surface area contributed by atoms with E-state index in [1.165, 1.54) is 51.9 Å². The lowest BCUT2D eigenvalue weighted by atomic mass is 10.1. The SMILES string of the molecule is Cc1sc(SCCCCCF)c2c(NS(=O)(=O)c3ccc(C(=O)NC(C)(C)C)cc3)nc(=O)n-2c1C. The second-order valence-corrected chi connectivity index (χ2v) is 13.7. The molecular formula is C24H31FN4O4S3. The number of carbonyl (C=O) groups excluding carboxylic acids is 1. The van der Waals surface area contributed by atoms with Gasteiger partial charge in [-0.25, -0.2) is 13.2 Å². The molecule has 0 saturated heterocycles. The van der Waals surface area contributed by atoms with Crippen LogP contribution < -0.4 is 15.7 Å². The first-order valence-electron chi connectivity index (χ1n) is 11.5. The molecule has 0 spiro atoms. The van der Waals surface area contributed by atoms with Crippen molar-refractivity contribution < 1.29 is 17.6 Å². The van der Waals surface area contributed by atoms with Crippen molar-refractivity contribution in [1.82, 2.24) is 14.9 Å². The van der Waals surface area contributed by atoms with Crippen LogP contribution in [0.5, 0.6) is 0 Å². The number of aromatic nitrogens is 2. The first-order chi connectivity index (χ1) is 16.8. The molecule has 2 aliphatic rings. The van der Waals surface area contributed by atoms with Crippen LogP contribution in [-0.2, 0) is 10.0 Å². The molecule has 3 rings (SSSR count). The molecule has 0 aromatic heterocycles. The minimum atomic E-state index is -4.08. The number of rotatable bonds is 10. The van der Waals surface area contributed by atoms with Crippen molar-refractivity contribution in [2.24, 2.45) is 0 Å². The van der Waals surface area contributed by atoms with Gasteiger partial charge in [0.1, 0.15) is 5.69 Å². The lowest BCUT2D eigenvalue weighted by Gasteiger charge is -2.20. The van der Waals surface area contributed by atoms with Gasteiger partial charge in [-0.3, -0.25) is 18.5 Å². The predicted octanol–water partition coefficient (Wildman–Crippen LogP) is 4.91. The van der Waals surface area contributed by atoms with Crippen LogP contribution >= 0.6 is 23.1 Å². The number of aryl methyl sites for hydroxylation is 1. The van der Waals surface area contributed by atoms with Crippen LogP contribution in [0.15, 0.2) is 38.2 Å². The zero-order valence-corrected chi connectivity index (χ0v) is 23.4. The highest BCUT2D eigenvalue weighted by molar-refractivity contribution is 8.01. The molecule has 1 aromatic carbocycles. The molecular weight excluding hydrogens is 523 g/mol. The monoisotopic (exact) mass is 554 g/mol. The highest BCUT2D eigenvalue weighted by atomic mass is 32.2. The fourth-order valence-corrected chi connectivity index (χ4v) is 6.94. The highest BCUT2D eigenvalue weighted by Gasteiger charge is 2.27. The number of benzene rings is 1. The molecule has 36 heavy (non-hydrogen) atoms. The van der Waals surface area contributed by atoms with Crippen molar-refractivity contribution in [2.75, 3.05) is 17.1 Å². The van der Waals surface area contributed by atoms with Gasteiger partial charge in [0.05, 0.1) is 15.8 Å². The third-order valence-corrected chi connectivity index (χ3v) is 9.18. The van der Waals surface area contributed by atoms with Crippen LogP contribution in [0.1, 0.15) is 61.0 Å². The molecule has 196 valence electrons. The van der Waals surface area contributed by atoms with Gasteiger partial charge in [-0.15, -0.1) is 23.1 Å². The molecule has 0 unspecified atom stereocenters. The lowest BCUT2D eigenvalue weighted by molar-refractivity contribution is 0.0919. The van der Waals surface area contributed by atoms with E-state index < -0.39 is 21.3 Å². The van der Waals surface area contributed by atoms with Crippen molar-refractivity contribution >= 4 is 44.8 Å². The van der Waals surface area contributed by atoms with Gasteiger partial charge < -0.3 is 5.32 Å². The number of fused-ring (bicyclic) bond motifs is 1. The van der Waals surface area contributed by atoms with Crippen LogP contribution in [0, 0.1) is 13.8 Å². The average Bonchev–Trinajstić information content (AvgIpc) is 3.11. The van der Waals surface area contributed by atoms with Gasteiger partial charge in [0, 0.05) is 21.7 Å². The summed E-state index contributed by atoms with van der Waals surface area (Å²) in [5.41, 5.74) is 0.437. The maximum Gasteiger partial charge on any atom is 0.354 e. The summed E-state index contributed by atoms with van der Waals surface area (Å²) in [5, 5.41) is 2.83. The summed E-state index contributed by atoms with van der Waals surface area (Å²) in [6.45, 7) is 8.90.